The highest BCUT2D eigenvalue weighted by Gasteiger charge is 2.27. The molecule has 108 valence electrons. The van der Waals surface area contributed by atoms with Crippen LogP contribution in [0.4, 0.5) is 0 Å². The fraction of sp³-hybridized carbons (Fsp3) is 0.615. The molecule has 1 unspecified atom stereocenters. The standard InChI is InChI=1S/C13H23N3O3/c1-9(2)13(19)16(5)11(8-10(3)17)12(18)15-7-6-14-4/h11,14H,1,6-8H2,2-5H3,(H,15,18). The van der Waals surface area contributed by atoms with E-state index in [0.29, 0.717) is 18.7 Å². The van der Waals surface area contributed by atoms with Gasteiger partial charge in [-0.15, -0.1) is 0 Å². The predicted octanol–water partition coefficient (Wildman–Crippen LogP) is -0.296. The minimum Gasteiger partial charge on any atom is -0.353 e. The molecule has 0 aliphatic rings. The molecule has 0 saturated carbocycles. The molecule has 0 aromatic carbocycles. The lowest BCUT2D eigenvalue weighted by Gasteiger charge is -2.26. The highest BCUT2D eigenvalue weighted by Crippen LogP contribution is 2.07. The zero-order chi connectivity index (χ0) is 15.0. The number of likely N-dealkylation sites (N-methyl/N-ethyl adjacent to an activating group) is 2. The van der Waals surface area contributed by atoms with Crippen LogP contribution < -0.4 is 10.6 Å². The summed E-state index contributed by atoms with van der Waals surface area (Å²) in [5, 5.41) is 5.58. The van der Waals surface area contributed by atoms with Crippen LogP contribution in [0.1, 0.15) is 20.3 Å². The molecule has 0 aliphatic heterocycles. The quantitative estimate of drug-likeness (QED) is 0.468. The van der Waals surface area contributed by atoms with Crippen molar-refractivity contribution in [3.63, 3.8) is 0 Å². The van der Waals surface area contributed by atoms with Gasteiger partial charge < -0.3 is 15.5 Å². The van der Waals surface area contributed by atoms with Gasteiger partial charge in [-0.05, 0) is 20.9 Å². The Morgan fingerprint density at radius 1 is 1.21 bits per heavy atom. The highest BCUT2D eigenvalue weighted by atomic mass is 16.2. The normalized spacial score (nSPS) is 11.6. The lowest BCUT2D eigenvalue weighted by molar-refractivity contribution is -0.138. The number of hydrogen-bond donors (Lipinski definition) is 2. The average Bonchev–Trinajstić information content (AvgIpc) is 2.33. The molecule has 0 rings (SSSR count). The fourth-order valence-corrected chi connectivity index (χ4v) is 1.55. The first kappa shape index (κ1) is 17.3. The molecular weight excluding hydrogens is 246 g/mol. The fourth-order valence-electron chi connectivity index (χ4n) is 1.55. The topological polar surface area (TPSA) is 78.5 Å². The van der Waals surface area contributed by atoms with E-state index >= 15 is 0 Å². The Bertz CT molecular complexity index is 366. The van der Waals surface area contributed by atoms with Crippen molar-refractivity contribution in [3.05, 3.63) is 12.2 Å². The van der Waals surface area contributed by atoms with Gasteiger partial charge in [0.25, 0.3) is 0 Å². The van der Waals surface area contributed by atoms with Crippen molar-refractivity contribution in [1.29, 1.82) is 0 Å². The van der Waals surface area contributed by atoms with Crippen LogP contribution >= 0.6 is 0 Å². The van der Waals surface area contributed by atoms with Gasteiger partial charge >= 0.3 is 0 Å². The van der Waals surface area contributed by atoms with Gasteiger partial charge in [-0.2, -0.15) is 0 Å². The molecule has 0 bridgehead atoms. The number of nitrogens with one attached hydrogen (secondary N) is 2. The lowest BCUT2D eigenvalue weighted by atomic mass is 10.1. The Kier molecular flexibility index (Phi) is 7.67. The molecule has 0 saturated heterocycles. The molecule has 0 aromatic heterocycles. The summed E-state index contributed by atoms with van der Waals surface area (Å²) in [6, 6.07) is -0.793. The lowest BCUT2D eigenvalue weighted by Crippen LogP contribution is -2.49. The van der Waals surface area contributed by atoms with E-state index in [2.05, 4.69) is 17.2 Å². The van der Waals surface area contributed by atoms with Gasteiger partial charge in [0, 0.05) is 32.1 Å². The summed E-state index contributed by atoms with van der Waals surface area (Å²) in [5.74, 6) is -0.812. The Morgan fingerprint density at radius 3 is 2.21 bits per heavy atom. The number of Topliss-reactive ketones (excluding diaryl/α,β-unsaturated/α-hetero) is 1. The largest absolute Gasteiger partial charge is 0.353 e. The van der Waals surface area contributed by atoms with E-state index < -0.39 is 6.04 Å². The maximum Gasteiger partial charge on any atom is 0.249 e. The van der Waals surface area contributed by atoms with E-state index in [1.807, 2.05) is 0 Å². The number of rotatable bonds is 8. The number of hydrogen-bond acceptors (Lipinski definition) is 4. The first-order valence-electron chi connectivity index (χ1n) is 6.15. The molecule has 6 nitrogen and oxygen atoms in total. The molecule has 6 heteroatoms. The first-order valence-corrected chi connectivity index (χ1v) is 6.15. The van der Waals surface area contributed by atoms with E-state index in [0.717, 1.165) is 0 Å². The first-order chi connectivity index (χ1) is 8.81. The number of carbonyl (C=O) groups excluding carboxylic acids is 3. The second kappa shape index (κ2) is 8.42. The molecule has 0 fully saturated rings. The zero-order valence-corrected chi connectivity index (χ0v) is 12.1. The molecular formula is C13H23N3O3. The second-order valence-corrected chi connectivity index (χ2v) is 4.51. The van der Waals surface area contributed by atoms with Gasteiger partial charge in [-0.25, -0.2) is 0 Å². The van der Waals surface area contributed by atoms with Crippen LogP contribution in [0.25, 0.3) is 0 Å². The van der Waals surface area contributed by atoms with Gasteiger partial charge in [-0.3, -0.25) is 14.4 Å². The second-order valence-electron chi connectivity index (χ2n) is 4.51. The minimum atomic E-state index is -0.793. The molecule has 0 radical (unpaired) electrons. The smallest absolute Gasteiger partial charge is 0.249 e. The number of amides is 2. The van der Waals surface area contributed by atoms with E-state index in [1.54, 1.807) is 14.0 Å². The van der Waals surface area contributed by atoms with Crippen molar-refractivity contribution in [2.45, 2.75) is 26.3 Å². The summed E-state index contributed by atoms with van der Waals surface area (Å²) < 4.78 is 0. The molecule has 2 N–H and O–H groups in total. The summed E-state index contributed by atoms with van der Waals surface area (Å²) in [6.07, 6.45) is 0.000900. The maximum absolute atomic E-state index is 12.0. The van der Waals surface area contributed by atoms with Crippen molar-refractivity contribution in [2.24, 2.45) is 0 Å². The van der Waals surface area contributed by atoms with Gasteiger partial charge in [0.15, 0.2) is 0 Å². The summed E-state index contributed by atoms with van der Waals surface area (Å²) >= 11 is 0. The van der Waals surface area contributed by atoms with Crippen LogP contribution in [-0.4, -0.2) is 55.7 Å². The van der Waals surface area contributed by atoms with Crippen LogP contribution in [0.2, 0.25) is 0 Å². The predicted molar refractivity (Wildman–Crippen MR) is 73.6 cm³/mol. The summed E-state index contributed by atoms with van der Waals surface area (Å²) in [4.78, 5) is 36.3. The summed E-state index contributed by atoms with van der Waals surface area (Å²) in [7, 11) is 3.28. The van der Waals surface area contributed by atoms with E-state index in [-0.39, 0.29) is 24.0 Å². The number of ketones is 1. The minimum absolute atomic E-state index is 0.000900. The van der Waals surface area contributed by atoms with Gasteiger partial charge in [-0.1, -0.05) is 6.58 Å². The van der Waals surface area contributed by atoms with Crippen molar-refractivity contribution in [1.82, 2.24) is 15.5 Å². The molecule has 1 atom stereocenters. The molecule has 19 heavy (non-hydrogen) atoms. The third-order valence-corrected chi connectivity index (χ3v) is 2.61. The van der Waals surface area contributed by atoms with E-state index in [4.69, 9.17) is 0 Å². The van der Waals surface area contributed by atoms with Crippen molar-refractivity contribution < 1.29 is 14.4 Å². The van der Waals surface area contributed by atoms with Crippen molar-refractivity contribution in [3.8, 4) is 0 Å². The Morgan fingerprint density at radius 2 is 1.79 bits per heavy atom. The third kappa shape index (κ3) is 6.15. The molecule has 0 aromatic rings. The number of carbonyl (C=O) groups is 3. The molecule has 0 spiro atoms. The SMILES string of the molecule is C=C(C)C(=O)N(C)C(CC(C)=O)C(=O)NCCNC. The average molecular weight is 269 g/mol. The monoisotopic (exact) mass is 269 g/mol. The van der Waals surface area contributed by atoms with Gasteiger partial charge in [0.1, 0.15) is 11.8 Å². The van der Waals surface area contributed by atoms with Crippen LogP contribution in [0.3, 0.4) is 0 Å². The molecule has 2 amide bonds. The van der Waals surface area contributed by atoms with Gasteiger partial charge in [0.05, 0.1) is 0 Å². The third-order valence-electron chi connectivity index (χ3n) is 2.61. The van der Waals surface area contributed by atoms with Gasteiger partial charge in [0.2, 0.25) is 11.8 Å². The molecule has 0 aliphatic carbocycles. The van der Waals surface area contributed by atoms with Crippen molar-refractivity contribution >= 4 is 17.6 Å². The highest BCUT2D eigenvalue weighted by molar-refractivity contribution is 5.97. The maximum atomic E-state index is 12.0. The van der Waals surface area contributed by atoms with Crippen LogP contribution in [0, 0.1) is 0 Å². The Labute approximate surface area is 114 Å². The van der Waals surface area contributed by atoms with E-state index in [1.165, 1.54) is 18.9 Å². The Balaban J connectivity index is 4.79. The van der Waals surface area contributed by atoms with Crippen LogP contribution in [0.15, 0.2) is 12.2 Å². The van der Waals surface area contributed by atoms with Crippen LogP contribution in [-0.2, 0) is 14.4 Å². The summed E-state index contributed by atoms with van der Waals surface area (Å²) in [6.45, 7) is 7.59. The Hall–Kier alpha value is -1.69. The number of nitrogens with zero attached hydrogens (tertiary/aromatic N) is 1. The summed E-state index contributed by atoms with van der Waals surface area (Å²) in [5.41, 5.74) is 0.332. The van der Waals surface area contributed by atoms with Crippen molar-refractivity contribution in [2.75, 3.05) is 27.2 Å². The zero-order valence-electron chi connectivity index (χ0n) is 12.1. The van der Waals surface area contributed by atoms with Crippen LogP contribution in [0.5, 0.6) is 0 Å². The molecule has 0 heterocycles. The van der Waals surface area contributed by atoms with E-state index in [9.17, 15) is 14.4 Å².